The van der Waals surface area contributed by atoms with Gasteiger partial charge in [-0.1, -0.05) is 46.0 Å². The van der Waals surface area contributed by atoms with E-state index in [4.69, 9.17) is 0 Å². The van der Waals surface area contributed by atoms with E-state index in [2.05, 4.69) is 31.1 Å². The summed E-state index contributed by atoms with van der Waals surface area (Å²) in [6.45, 7) is 4.47. The molecule has 0 saturated heterocycles. The van der Waals surface area contributed by atoms with E-state index in [0.29, 0.717) is 5.92 Å². The van der Waals surface area contributed by atoms with Crippen LogP contribution < -0.4 is 0 Å². The van der Waals surface area contributed by atoms with Gasteiger partial charge in [0.25, 0.3) is 0 Å². The van der Waals surface area contributed by atoms with Crippen molar-refractivity contribution >= 4 is 0 Å². The lowest BCUT2D eigenvalue weighted by Gasteiger charge is -2.12. The number of fused-ring (bicyclic) bond motifs is 1. The molecule has 1 nitrogen and oxygen atoms in total. The summed E-state index contributed by atoms with van der Waals surface area (Å²) in [6.07, 6.45) is 14.4. The molecule has 100 valence electrons. The highest BCUT2D eigenvalue weighted by Crippen LogP contribution is 2.22. The lowest BCUT2D eigenvalue weighted by molar-refractivity contribution is 0.587. The molecule has 2 rings (SSSR count). The summed E-state index contributed by atoms with van der Waals surface area (Å²) in [6, 6.07) is 2.37. The van der Waals surface area contributed by atoms with Crippen LogP contribution in [0.25, 0.3) is 0 Å². The SMILES string of the molecule is CC(C)c1cc2c(cn1)CCCCCCCCC2. The minimum atomic E-state index is 0.550. The highest BCUT2D eigenvalue weighted by atomic mass is 14.7. The highest BCUT2D eigenvalue weighted by molar-refractivity contribution is 5.28. The summed E-state index contributed by atoms with van der Waals surface area (Å²) >= 11 is 0. The number of aryl methyl sites for hydroxylation is 2. The van der Waals surface area contributed by atoms with Crippen molar-refractivity contribution in [1.82, 2.24) is 4.98 Å². The van der Waals surface area contributed by atoms with E-state index in [9.17, 15) is 0 Å². The first-order valence-corrected chi connectivity index (χ1v) is 7.75. The summed E-state index contributed by atoms with van der Waals surface area (Å²) < 4.78 is 0. The molecular weight excluding hydrogens is 218 g/mol. The van der Waals surface area contributed by atoms with Crippen LogP contribution in [0.1, 0.15) is 81.5 Å². The standard InChI is InChI=1S/C17H27N/c1-14(2)17-12-15-10-8-6-4-3-5-7-9-11-16(15)13-18-17/h12-14H,3-11H2,1-2H3. The molecule has 0 saturated carbocycles. The molecule has 0 bridgehead atoms. The number of nitrogens with zero attached hydrogens (tertiary/aromatic N) is 1. The maximum absolute atomic E-state index is 4.64. The molecule has 0 fully saturated rings. The van der Waals surface area contributed by atoms with E-state index in [0.717, 1.165) is 0 Å². The monoisotopic (exact) mass is 245 g/mol. The first kappa shape index (κ1) is 13.6. The second-order valence-corrected chi connectivity index (χ2v) is 6.01. The van der Waals surface area contributed by atoms with Crippen LogP contribution in [0, 0.1) is 0 Å². The number of aromatic nitrogens is 1. The van der Waals surface area contributed by atoms with Gasteiger partial charge in [0, 0.05) is 11.9 Å². The molecule has 0 aromatic carbocycles. The van der Waals surface area contributed by atoms with Crippen molar-refractivity contribution in [3.8, 4) is 0 Å². The van der Waals surface area contributed by atoms with Crippen molar-refractivity contribution in [3.63, 3.8) is 0 Å². The van der Waals surface area contributed by atoms with Crippen molar-refractivity contribution in [2.24, 2.45) is 0 Å². The molecule has 1 heterocycles. The maximum Gasteiger partial charge on any atom is 0.0431 e. The van der Waals surface area contributed by atoms with Gasteiger partial charge in [0.05, 0.1) is 0 Å². The molecule has 18 heavy (non-hydrogen) atoms. The van der Waals surface area contributed by atoms with Gasteiger partial charge < -0.3 is 0 Å². The summed E-state index contributed by atoms with van der Waals surface area (Å²) in [4.78, 5) is 4.64. The first-order valence-electron chi connectivity index (χ1n) is 7.75. The van der Waals surface area contributed by atoms with E-state index in [1.165, 1.54) is 69.0 Å². The Kier molecular flexibility index (Phi) is 5.22. The number of hydrogen-bond acceptors (Lipinski definition) is 1. The van der Waals surface area contributed by atoms with Gasteiger partial charge >= 0.3 is 0 Å². The molecule has 1 heteroatoms. The van der Waals surface area contributed by atoms with Crippen LogP contribution in [-0.4, -0.2) is 4.98 Å². The normalized spacial score (nSPS) is 18.2. The summed E-state index contributed by atoms with van der Waals surface area (Å²) in [5.41, 5.74) is 4.36. The van der Waals surface area contributed by atoms with Gasteiger partial charge in [0.15, 0.2) is 0 Å². The second kappa shape index (κ2) is 6.92. The van der Waals surface area contributed by atoms with Crippen molar-refractivity contribution in [3.05, 3.63) is 29.1 Å². The zero-order valence-corrected chi connectivity index (χ0v) is 12.0. The van der Waals surface area contributed by atoms with E-state index in [1.807, 2.05) is 0 Å². The molecular formula is C17H27N. The Morgan fingerprint density at radius 2 is 1.39 bits per heavy atom. The molecule has 1 aliphatic rings. The molecule has 1 aliphatic carbocycles. The number of hydrogen-bond donors (Lipinski definition) is 0. The Hall–Kier alpha value is -0.850. The van der Waals surface area contributed by atoms with Crippen molar-refractivity contribution < 1.29 is 0 Å². The second-order valence-electron chi connectivity index (χ2n) is 6.01. The Balaban J connectivity index is 2.15. The van der Waals surface area contributed by atoms with Crippen LogP contribution in [0.5, 0.6) is 0 Å². The van der Waals surface area contributed by atoms with Gasteiger partial charge in [-0.15, -0.1) is 0 Å². The zero-order chi connectivity index (χ0) is 12.8. The third-order valence-electron chi connectivity index (χ3n) is 4.09. The molecule has 0 atom stereocenters. The minimum absolute atomic E-state index is 0.550. The third kappa shape index (κ3) is 3.83. The molecule has 0 radical (unpaired) electrons. The molecule has 0 spiro atoms. The average molecular weight is 245 g/mol. The summed E-state index contributed by atoms with van der Waals surface area (Å²) in [5.74, 6) is 0.550. The van der Waals surface area contributed by atoms with Gasteiger partial charge in [-0.2, -0.15) is 0 Å². The fraction of sp³-hybridized carbons (Fsp3) is 0.706. The smallest absolute Gasteiger partial charge is 0.0431 e. The molecule has 0 aliphatic heterocycles. The van der Waals surface area contributed by atoms with E-state index < -0.39 is 0 Å². The Morgan fingerprint density at radius 3 is 2.00 bits per heavy atom. The van der Waals surface area contributed by atoms with Crippen LogP contribution in [0.4, 0.5) is 0 Å². The molecule has 1 aromatic rings. The predicted octanol–water partition coefficient (Wildman–Crippen LogP) is 5.03. The highest BCUT2D eigenvalue weighted by Gasteiger charge is 2.08. The lowest BCUT2D eigenvalue weighted by Crippen LogP contribution is -2.01. The van der Waals surface area contributed by atoms with E-state index in [1.54, 1.807) is 5.56 Å². The quantitative estimate of drug-likeness (QED) is 0.676. The minimum Gasteiger partial charge on any atom is -0.261 e. The maximum atomic E-state index is 4.64. The average Bonchev–Trinajstić information content (AvgIpc) is 2.41. The predicted molar refractivity (Wildman–Crippen MR) is 78.1 cm³/mol. The van der Waals surface area contributed by atoms with Crippen LogP contribution in [-0.2, 0) is 12.8 Å². The Morgan fingerprint density at radius 1 is 0.833 bits per heavy atom. The molecule has 1 aromatic heterocycles. The summed E-state index contributed by atoms with van der Waals surface area (Å²) in [5, 5.41) is 0. The van der Waals surface area contributed by atoms with Crippen LogP contribution >= 0.6 is 0 Å². The van der Waals surface area contributed by atoms with Gasteiger partial charge in [0.2, 0.25) is 0 Å². The molecule has 0 unspecified atom stereocenters. The topological polar surface area (TPSA) is 12.9 Å². The first-order chi connectivity index (χ1) is 8.77. The van der Waals surface area contributed by atoms with Gasteiger partial charge in [0.1, 0.15) is 0 Å². The van der Waals surface area contributed by atoms with E-state index >= 15 is 0 Å². The van der Waals surface area contributed by atoms with Crippen molar-refractivity contribution in [2.75, 3.05) is 0 Å². The van der Waals surface area contributed by atoms with Crippen LogP contribution in [0.2, 0.25) is 0 Å². The summed E-state index contributed by atoms with van der Waals surface area (Å²) in [7, 11) is 0. The zero-order valence-electron chi connectivity index (χ0n) is 12.0. The number of rotatable bonds is 1. The fourth-order valence-corrected chi connectivity index (χ4v) is 2.83. The van der Waals surface area contributed by atoms with Gasteiger partial charge in [-0.25, -0.2) is 0 Å². The largest absolute Gasteiger partial charge is 0.261 e. The van der Waals surface area contributed by atoms with Crippen LogP contribution in [0.3, 0.4) is 0 Å². The Bertz CT molecular complexity index is 368. The van der Waals surface area contributed by atoms with E-state index in [-0.39, 0.29) is 0 Å². The van der Waals surface area contributed by atoms with Gasteiger partial charge in [-0.05, 0) is 48.8 Å². The van der Waals surface area contributed by atoms with Gasteiger partial charge in [-0.3, -0.25) is 4.98 Å². The molecule has 0 amide bonds. The lowest BCUT2D eigenvalue weighted by atomic mass is 9.97. The van der Waals surface area contributed by atoms with Crippen molar-refractivity contribution in [2.45, 2.75) is 77.6 Å². The Labute approximate surface area is 112 Å². The third-order valence-corrected chi connectivity index (χ3v) is 4.09. The van der Waals surface area contributed by atoms with Crippen LogP contribution in [0.15, 0.2) is 12.3 Å². The number of pyridine rings is 1. The fourth-order valence-electron chi connectivity index (χ4n) is 2.83. The molecule has 0 N–H and O–H groups in total. The van der Waals surface area contributed by atoms with Crippen molar-refractivity contribution in [1.29, 1.82) is 0 Å².